The lowest BCUT2D eigenvalue weighted by Crippen LogP contribution is -1.89. The number of methoxy groups -OCH3 is 1. The number of carboxylic acids is 1. The van der Waals surface area contributed by atoms with Crippen LogP contribution in [0.1, 0.15) is 70.9 Å². The summed E-state index contributed by atoms with van der Waals surface area (Å²) >= 11 is 0. The number of nitrogens with one attached hydrogen (secondary N) is 2. The molecule has 2 heterocycles. The predicted octanol–water partition coefficient (Wildman–Crippen LogP) is 6.23. The van der Waals surface area contributed by atoms with Crippen LogP contribution < -0.4 is 4.74 Å². The van der Waals surface area contributed by atoms with Crippen LogP contribution in [0.15, 0.2) is 41.5 Å². The Labute approximate surface area is 180 Å². The number of aromatic amines is 2. The van der Waals surface area contributed by atoms with Gasteiger partial charge in [0, 0.05) is 31.9 Å². The molecule has 2 aromatic rings. The van der Waals surface area contributed by atoms with Crippen LogP contribution in [0.4, 0.5) is 0 Å². The highest BCUT2D eigenvalue weighted by Gasteiger charge is 2.08. The summed E-state index contributed by atoms with van der Waals surface area (Å²) < 4.78 is 5.43. The Balaban J connectivity index is 0.00000103. The van der Waals surface area contributed by atoms with Crippen LogP contribution in [0.3, 0.4) is 0 Å². The lowest BCUT2D eigenvalue weighted by atomic mass is 10.1. The topological polar surface area (TPSA) is 90.5 Å². The van der Waals surface area contributed by atoms with Crippen LogP contribution in [0.2, 0.25) is 0 Å². The smallest absolute Gasteiger partial charge is 0.300 e. The van der Waals surface area contributed by atoms with Crippen molar-refractivity contribution >= 4 is 12.2 Å². The Kier molecular flexibility index (Phi) is 13.6. The second kappa shape index (κ2) is 16.1. The molecule has 2 rings (SSSR count). The third-order valence-corrected chi connectivity index (χ3v) is 4.45. The fourth-order valence-corrected chi connectivity index (χ4v) is 2.94. The average molecular weight is 416 g/mol. The van der Waals surface area contributed by atoms with Crippen molar-refractivity contribution in [3.63, 3.8) is 0 Å². The predicted molar refractivity (Wildman–Crippen MR) is 125 cm³/mol. The number of carbonyl (C=O) groups is 1. The summed E-state index contributed by atoms with van der Waals surface area (Å²) in [6.07, 6.45) is 18.7. The molecule has 0 radical (unpaired) electrons. The highest BCUT2D eigenvalue weighted by Crippen LogP contribution is 2.25. The fourth-order valence-electron chi connectivity index (χ4n) is 2.94. The van der Waals surface area contributed by atoms with E-state index in [-0.39, 0.29) is 0 Å². The minimum absolute atomic E-state index is 0.799. The van der Waals surface area contributed by atoms with Crippen LogP contribution in [0.25, 0.3) is 11.4 Å². The number of H-pyrrole nitrogens is 2. The number of unbranched alkanes of at least 4 members (excludes halogenated alkanes) is 6. The van der Waals surface area contributed by atoms with E-state index in [1.807, 2.05) is 30.6 Å². The number of allylic oxidation sites excluding steroid dienone is 1. The second-order valence-corrected chi connectivity index (χ2v) is 7.12. The van der Waals surface area contributed by atoms with E-state index in [0.717, 1.165) is 42.7 Å². The summed E-state index contributed by atoms with van der Waals surface area (Å²) in [6.45, 7) is 4.14. The van der Waals surface area contributed by atoms with Crippen molar-refractivity contribution < 1.29 is 14.6 Å². The van der Waals surface area contributed by atoms with Gasteiger partial charge in [0.2, 0.25) is 0 Å². The number of aromatic nitrogens is 2. The zero-order valence-electron chi connectivity index (χ0n) is 18.6. The van der Waals surface area contributed by atoms with Gasteiger partial charge in [-0.1, -0.05) is 51.2 Å². The Morgan fingerprint density at radius 3 is 2.50 bits per heavy atom. The highest BCUT2D eigenvalue weighted by molar-refractivity contribution is 5.83. The summed E-state index contributed by atoms with van der Waals surface area (Å²) in [5, 5.41) is 7.42. The molecule has 0 saturated carbocycles. The number of carboxylic acid groups (broad SMARTS) is 1. The first-order valence-corrected chi connectivity index (χ1v) is 10.8. The maximum Gasteiger partial charge on any atom is 0.300 e. The quantitative estimate of drug-likeness (QED) is 0.206. The van der Waals surface area contributed by atoms with Gasteiger partial charge in [0.15, 0.2) is 0 Å². The van der Waals surface area contributed by atoms with Gasteiger partial charge in [-0.2, -0.15) is 0 Å². The molecule has 0 fully saturated rings. The first kappa shape index (κ1) is 25.3. The van der Waals surface area contributed by atoms with Gasteiger partial charge in [-0.3, -0.25) is 9.79 Å². The largest absolute Gasteiger partial charge is 0.494 e. The normalized spacial score (nSPS) is 11.0. The molecular weight excluding hydrogens is 378 g/mol. The van der Waals surface area contributed by atoms with Gasteiger partial charge in [-0.25, -0.2) is 0 Å². The molecule has 3 N–H and O–H groups in total. The average Bonchev–Trinajstić information content (AvgIpc) is 3.38. The van der Waals surface area contributed by atoms with E-state index in [1.165, 1.54) is 44.9 Å². The zero-order chi connectivity index (χ0) is 22.0. The molecule has 0 aliphatic rings. The maximum absolute atomic E-state index is 9.00. The number of nitrogens with zero attached hydrogens (tertiary/aromatic N) is 1. The number of hydrogen-bond donors (Lipinski definition) is 3. The molecular formula is C24H37N3O3. The molecule has 30 heavy (non-hydrogen) atoms. The van der Waals surface area contributed by atoms with Gasteiger partial charge < -0.3 is 19.8 Å². The molecule has 0 bridgehead atoms. The number of aliphatic carboxylic acids is 1. The first-order chi connectivity index (χ1) is 14.6. The van der Waals surface area contributed by atoms with Gasteiger partial charge in [-0.15, -0.1) is 0 Å². The molecule has 0 unspecified atom stereocenters. The van der Waals surface area contributed by atoms with Crippen molar-refractivity contribution in [1.82, 2.24) is 9.97 Å². The Morgan fingerprint density at radius 1 is 1.13 bits per heavy atom. The lowest BCUT2D eigenvalue weighted by molar-refractivity contribution is -0.134. The third-order valence-electron chi connectivity index (χ3n) is 4.45. The standard InChI is InChI=1S/C22H33N3O.C2H4O2/c1-3-4-5-6-7-8-9-10-11-12-15-23-18-21-22(26-2)17-20(25-21)19-14-13-16-24-19;1-2(3)4/h10-11,13-14,16-18,24-25H,3-9,12,15H2,1-2H3;1H3,(H,3,4)/b11-10-,23-18?;. The molecule has 0 spiro atoms. The minimum Gasteiger partial charge on any atom is -0.494 e. The van der Waals surface area contributed by atoms with Crippen molar-refractivity contribution in [3.8, 4) is 17.1 Å². The highest BCUT2D eigenvalue weighted by atomic mass is 16.5. The fraction of sp³-hybridized carbons (Fsp3) is 0.500. The number of ether oxygens (including phenoxy) is 1. The summed E-state index contributed by atoms with van der Waals surface area (Å²) in [5.41, 5.74) is 2.96. The molecule has 166 valence electrons. The van der Waals surface area contributed by atoms with Crippen molar-refractivity contribution in [1.29, 1.82) is 0 Å². The van der Waals surface area contributed by atoms with Crippen molar-refractivity contribution in [2.24, 2.45) is 4.99 Å². The minimum atomic E-state index is -0.833. The molecule has 0 amide bonds. The Hall–Kier alpha value is -2.76. The molecule has 0 aliphatic heterocycles. The summed E-state index contributed by atoms with van der Waals surface area (Å²) in [6, 6.07) is 6.00. The van der Waals surface area contributed by atoms with Gasteiger partial charge in [-0.05, 0) is 31.4 Å². The van der Waals surface area contributed by atoms with Gasteiger partial charge in [0.1, 0.15) is 5.75 Å². The monoisotopic (exact) mass is 415 g/mol. The third kappa shape index (κ3) is 11.3. The van der Waals surface area contributed by atoms with Crippen LogP contribution in [-0.4, -0.2) is 40.9 Å². The van der Waals surface area contributed by atoms with E-state index in [2.05, 4.69) is 34.0 Å². The second-order valence-electron chi connectivity index (χ2n) is 7.12. The SMILES string of the molecule is CC(=O)O.CCCCCCCC/C=C\CCN=Cc1[nH]c(-c2ccc[nH]2)cc1OC. The van der Waals surface area contributed by atoms with E-state index in [4.69, 9.17) is 14.6 Å². The molecule has 6 heteroatoms. The van der Waals surface area contributed by atoms with Crippen LogP contribution in [0.5, 0.6) is 5.75 Å². The van der Waals surface area contributed by atoms with E-state index in [1.54, 1.807) is 7.11 Å². The van der Waals surface area contributed by atoms with Gasteiger partial charge in [0.25, 0.3) is 5.97 Å². The van der Waals surface area contributed by atoms with Crippen LogP contribution in [-0.2, 0) is 4.79 Å². The van der Waals surface area contributed by atoms with Crippen LogP contribution >= 0.6 is 0 Å². The Bertz CT molecular complexity index is 742. The molecule has 6 nitrogen and oxygen atoms in total. The van der Waals surface area contributed by atoms with E-state index in [0.29, 0.717) is 0 Å². The zero-order valence-corrected chi connectivity index (χ0v) is 18.6. The summed E-state index contributed by atoms with van der Waals surface area (Å²) in [5.74, 6) is -0.0167. The van der Waals surface area contributed by atoms with E-state index in [9.17, 15) is 0 Å². The number of aliphatic imine (C=N–C) groups is 1. The number of rotatable bonds is 13. The van der Waals surface area contributed by atoms with Crippen molar-refractivity contribution in [3.05, 3.63) is 42.2 Å². The van der Waals surface area contributed by atoms with E-state index < -0.39 is 5.97 Å². The summed E-state index contributed by atoms with van der Waals surface area (Å²) in [4.78, 5) is 20.1. The van der Waals surface area contributed by atoms with Gasteiger partial charge in [0.05, 0.1) is 24.2 Å². The first-order valence-electron chi connectivity index (χ1n) is 10.8. The molecule has 0 saturated heterocycles. The molecule has 0 aliphatic carbocycles. The van der Waals surface area contributed by atoms with Gasteiger partial charge >= 0.3 is 0 Å². The molecule has 0 atom stereocenters. The van der Waals surface area contributed by atoms with Crippen LogP contribution in [0, 0.1) is 0 Å². The van der Waals surface area contributed by atoms with Crippen molar-refractivity contribution in [2.75, 3.05) is 13.7 Å². The Morgan fingerprint density at radius 2 is 1.83 bits per heavy atom. The van der Waals surface area contributed by atoms with Crippen molar-refractivity contribution in [2.45, 2.75) is 65.2 Å². The lowest BCUT2D eigenvalue weighted by Gasteiger charge is -1.97. The summed E-state index contributed by atoms with van der Waals surface area (Å²) in [7, 11) is 1.68. The number of hydrogen-bond acceptors (Lipinski definition) is 3. The molecule has 0 aromatic carbocycles. The molecule has 2 aromatic heterocycles. The maximum atomic E-state index is 9.00. The van der Waals surface area contributed by atoms with E-state index >= 15 is 0 Å².